The average Bonchev–Trinajstić information content (AvgIpc) is 2.91. The average molecular weight is 469 g/mol. The minimum absolute atomic E-state index is 0.237. The lowest BCUT2D eigenvalue weighted by Crippen LogP contribution is -2.42. The zero-order valence-corrected chi connectivity index (χ0v) is 24.4. The first-order valence-electron chi connectivity index (χ1n) is 11.9. The molecule has 180 valence electrons. The molecule has 0 aliphatic heterocycles. The van der Waals surface area contributed by atoms with Crippen LogP contribution in [0.15, 0.2) is 11.1 Å². The third-order valence-corrected chi connectivity index (χ3v) is 19.0. The Bertz CT molecular complexity index is 646. The van der Waals surface area contributed by atoms with Crippen molar-refractivity contribution in [2.24, 2.45) is 5.41 Å². The zero-order valence-electron chi connectivity index (χ0n) is 22.4. The molecule has 0 saturated heterocycles. The van der Waals surface area contributed by atoms with Crippen LogP contribution in [0.3, 0.4) is 0 Å². The van der Waals surface area contributed by atoms with E-state index in [1.54, 1.807) is 13.8 Å². The Hall–Kier alpha value is -0.886. The SMILES string of the molecule is CCOC(=O)C1(C(=O)OCC)CC(C[Si](C)(C)C(C)(C)C)=C(C[Si](C)(C)C(C)(C)C)C1. The standard InChI is InChI=1S/C25H48O4Si2/c1-13-28-21(26)25(22(27)29-14-2)15-19(17-30(9,10)23(3,4)5)20(16-25)18-31(11,12)24(6,7)8/h13-18H2,1-12H3. The molecule has 0 aromatic heterocycles. The van der Waals surface area contributed by atoms with E-state index in [0.29, 0.717) is 12.8 Å². The fourth-order valence-corrected chi connectivity index (χ4v) is 7.87. The van der Waals surface area contributed by atoms with Crippen LogP contribution in [0.4, 0.5) is 0 Å². The molecule has 4 nitrogen and oxygen atoms in total. The molecule has 0 fully saturated rings. The van der Waals surface area contributed by atoms with Gasteiger partial charge in [-0.25, -0.2) is 0 Å². The highest BCUT2D eigenvalue weighted by molar-refractivity contribution is 6.81. The van der Waals surface area contributed by atoms with Crippen molar-refractivity contribution in [2.75, 3.05) is 13.2 Å². The van der Waals surface area contributed by atoms with Crippen LogP contribution in [0, 0.1) is 5.41 Å². The molecular weight excluding hydrogens is 420 g/mol. The van der Waals surface area contributed by atoms with E-state index in [1.165, 1.54) is 11.1 Å². The molecule has 0 aromatic rings. The molecule has 0 N–H and O–H groups in total. The first kappa shape index (κ1) is 28.1. The Balaban J connectivity index is 3.52. The second-order valence-electron chi connectivity index (χ2n) is 12.7. The van der Waals surface area contributed by atoms with Gasteiger partial charge in [0, 0.05) is 0 Å². The fourth-order valence-electron chi connectivity index (χ4n) is 3.92. The number of hydrogen-bond donors (Lipinski definition) is 0. The summed E-state index contributed by atoms with van der Waals surface area (Å²) in [5.74, 6) is -0.821. The molecule has 1 aliphatic rings. The van der Waals surface area contributed by atoms with Crippen molar-refractivity contribution in [1.29, 1.82) is 0 Å². The number of carbonyl (C=O) groups excluding carboxylic acids is 2. The highest BCUT2D eigenvalue weighted by atomic mass is 28.3. The largest absolute Gasteiger partial charge is 0.465 e. The third kappa shape index (κ3) is 6.12. The van der Waals surface area contributed by atoms with E-state index >= 15 is 0 Å². The molecule has 0 heterocycles. The highest BCUT2D eigenvalue weighted by Crippen LogP contribution is 2.53. The van der Waals surface area contributed by atoms with E-state index in [4.69, 9.17) is 9.47 Å². The fraction of sp³-hybridized carbons (Fsp3) is 0.840. The van der Waals surface area contributed by atoms with Crippen molar-refractivity contribution >= 4 is 28.1 Å². The van der Waals surface area contributed by atoms with Crippen molar-refractivity contribution in [1.82, 2.24) is 0 Å². The van der Waals surface area contributed by atoms with Gasteiger partial charge in [-0.15, -0.1) is 0 Å². The molecule has 0 saturated carbocycles. The van der Waals surface area contributed by atoms with Crippen LogP contribution in [0.1, 0.15) is 68.2 Å². The van der Waals surface area contributed by atoms with Gasteiger partial charge in [0.2, 0.25) is 0 Å². The van der Waals surface area contributed by atoms with Crippen LogP contribution in [-0.2, 0) is 19.1 Å². The summed E-state index contributed by atoms with van der Waals surface area (Å²) < 4.78 is 10.9. The number of esters is 2. The Labute approximate surface area is 193 Å². The van der Waals surface area contributed by atoms with Gasteiger partial charge in [0.25, 0.3) is 0 Å². The van der Waals surface area contributed by atoms with E-state index in [1.807, 2.05) is 0 Å². The maximum atomic E-state index is 13.2. The minimum atomic E-state index is -1.65. The van der Waals surface area contributed by atoms with Crippen LogP contribution in [0.5, 0.6) is 0 Å². The Kier molecular flexibility index (Phi) is 8.66. The number of carbonyl (C=O) groups is 2. The van der Waals surface area contributed by atoms with E-state index in [-0.39, 0.29) is 23.3 Å². The maximum absolute atomic E-state index is 13.2. The number of ether oxygens (including phenoxy) is 2. The molecule has 1 rings (SSSR count). The van der Waals surface area contributed by atoms with Crippen LogP contribution < -0.4 is 0 Å². The van der Waals surface area contributed by atoms with Crippen LogP contribution >= 0.6 is 0 Å². The van der Waals surface area contributed by atoms with Gasteiger partial charge in [0.1, 0.15) is 0 Å². The van der Waals surface area contributed by atoms with Crippen LogP contribution in [0.2, 0.25) is 48.4 Å². The lowest BCUT2D eigenvalue weighted by Gasteiger charge is -2.39. The Morgan fingerprint density at radius 2 is 1.03 bits per heavy atom. The molecule has 0 bridgehead atoms. The van der Waals surface area contributed by atoms with Gasteiger partial charge in [-0.2, -0.15) is 0 Å². The summed E-state index contributed by atoms with van der Waals surface area (Å²) in [6, 6.07) is 2.03. The van der Waals surface area contributed by atoms with Gasteiger partial charge >= 0.3 is 11.9 Å². The van der Waals surface area contributed by atoms with E-state index < -0.39 is 33.5 Å². The summed E-state index contributed by atoms with van der Waals surface area (Å²) in [4.78, 5) is 26.3. The number of hydrogen-bond acceptors (Lipinski definition) is 4. The summed E-state index contributed by atoms with van der Waals surface area (Å²) in [5, 5.41) is 0.475. The summed E-state index contributed by atoms with van der Waals surface area (Å²) in [6.45, 7) is 27.8. The van der Waals surface area contributed by atoms with Gasteiger partial charge in [0.15, 0.2) is 5.41 Å². The quantitative estimate of drug-likeness (QED) is 0.163. The predicted octanol–water partition coefficient (Wildman–Crippen LogP) is 7.21. The normalized spacial score (nSPS) is 17.7. The molecular formula is C25H48O4Si2. The monoisotopic (exact) mass is 468 g/mol. The highest BCUT2D eigenvalue weighted by Gasteiger charge is 2.55. The van der Waals surface area contributed by atoms with E-state index in [0.717, 1.165) is 12.1 Å². The second-order valence-corrected chi connectivity index (χ2v) is 23.9. The molecule has 0 spiro atoms. The van der Waals surface area contributed by atoms with E-state index in [2.05, 4.69) is 67.7 Å². The van der Waals surface area contributed by atoms with Gasteiger partial charge in [-0.3, -0.25) is 9.59 Å². The van der Waals surface area contributed by atoms with E-state index in [9.17, 15) is 9.59 Å². The second kappa shape index (κ2) is 9.54. The topological polar surface area (TPSA) is 52.6 Å². The van der Waals surface area contributed by atoms with Crippen molar-refractivity contribution in [3.63, 3.8) is 0 Å². The molecule has 31 heavy (non-hydrogen) atoms. The third-order valence-electron chi connectivity index (χ3n) is 8.23. The van der Waals surface area contributed by atoms with Gasteiger partial charge in [-0.1, -0.05) is 78.9 Å². The predicted molar refractivity (Wildman–Crippen MR) is 136 cm³/mol. The van der Waals surface area contributed by atoms with Crippen molar-refractivity contribution in [3.8, 4) is 0 Å². The summed E-state index contributed by atoms with van der Waals surface area (Å²) in [7, 11) is -3.30. The molecule has 6 heteroatoms. The maximum Gasteiger partial charge on any atom is 0.324 e. The lowest BCUT2D eigenvalue weighted by molar-refractivity contribution is -0.171. The molecule has 1 aliphatic carbocycles. The molecule has 0 aromatic carbocycles. The smallest absolute Gasteiger partial charge is 0.324 e. The van der Waals surface area contributed by atoms with Crippen molar-refractivity contribution in [2.45, 2.75) is 117 Å². The molecule has 0 atom stereocenters. The Morgan fingerprint density at radius 3 is 1.26 bits per heavy atom. The van der Waals surface area contributed by atoms with Crippen molar-refractivity contribution < 1.29 is 19.1 Å². The van der Waals surface area contributed by atoms with Crippen molar-refractivity contribution in [3.05, 3.63) is 11.1 Å². The Morgan fingerprint density at radius 1 is 0.742 bits per heavy atom. The first-order valence-corrected chi connectivity index (χ1v) is 18.3. The number of rotatable bonds is 8. The minimum Gasteiger partial charge on any atom is -0.465 e. The lowest BCUT2D eigenvalue weighted by atomic mass is 9.83. The van der Waals surface area contributed by atoms with Gasteiger partial charge in [-0.05, 0) is 48.9 Å². The first-order chi connectivity index (χ1) is 13.8. The molecule has 0 unspecified atom stereocenters. The zero-order chi connectivity index (χ0) is 24.5. The van der Waals surface area contributed by atoms with Crippen LogP contribution in [-0.4, -0.2) is 41.3 Å². The summed E-state index contributed by atoms with van der Waals surface area (Å²) in [5.41, 5.74) is 1.46. The van der Waals surface area contributed by atoms with Gasteiger partial charge < -0.3 is 9.47 Å². The molecule has 0 amide bonds. The van der Waals surface area contributed by atoms with Gasteiger partial charge in [0.05, 0.1) is 29.4 Å². The summed E-state index contributed by atoms with van der Waals surface area (Å²) in [6.07, 6.45) is 0.919. The number of allylic oxidation sites excluding steroid dienone is 2. The molecule has 0 radical (unpaired) electrons. The van der Waals surface area contributed by atoms with Crippen LogP contribution in [0.25, 0.3) is 0 Å². The summed E-state index contributed by atoms with van der Waals surface area (Å²) >= 11 is 0.